The molecule has 0 saturated carbocycles. The molecule has 1 aromatic carbocycles. The molecule has 2 nitrogen and oxygen atoms in total. The first-order valence-corrected chi connectivity index (χ1v) is 6.88. The van der Waals surface area contributed by atoms with Crippen LogP contribution in [-0.4, -0.2) is 24.6 Å². The number of rotatable bonds is 8. The molecule has 0 spiro atoms. The van der Waals surface area contributed by atoms with Gasteiger partial charge in [0.1, 0.15) is 0 Å². The third kappa shape index (κ3) is 5.58. The van der Waals surface area contributed by atoms with Gasteiger partial charge in [0.2, 0.25) is 0 Å². The number of benzene rings is 1. The van der Waals surface area contributed by atoms with E-state index in [1.165, 1.54) is 0 Å². The van der Waals surface area contributed by atoms with Gasteiger partial charge in [-0.15, -0.1) is 6.58 Å². The summed E-state index contributed by atoms with van der Waals surface area (Å²) in [5, 5.41) is 12.4. The minimum Gasteiger partial charge on any atom is -0.314 e. The van der Waals surface area contributed by atoms with E-state index in [-0.39, 0.29) is 5.92 Å². The normalized spacial score (nSPS) is 11.7. The Hall–Kier alpha value is -1.24. The molecule has 1 unspecified atom stereocenters. The van der Waals surface area contributed by atoms with Gasteiger partial charge in [0, 0.05) is 24.6 Å². The summed E-state index contributed by atoms with van der Waals surface area (Å²) in [6.45, 7) is 5.33. The van der Waals surface area contributed by atoms with E-state index in [2.05, 4.69) is 18.0 Å². The van der Waals surface area contributed by atoms with Crippen molar-refractivity contribution >= 4 is 11.8 Å². The number of nitrogens with zero attached hydrogens (tertiary/aromatic N) is 1. The van der Waals surface area contributed by atoms with Gasteiger partial charge in [-0.1, -0.05) is 36.4 Å². The van der Waals surface area contributed by atoms with Crippen LogP contribution in [0, 0.1) is 11.3 Å². The Labute approximate surface area is 108 Å². The van der Waals surface area contributed by atoms with Crippen molar-refractivity contribution in [3.63, 3.8) is 0 Å². The average Bonchev–Trinajstić information content (AvgIpc) is 2.39. The maximum absolute atomic E-state index is 9.11. The summed E-state index contributed by atoms with van der Waals surface area (Å²) >= 11 is 1.84. The van der Waals surface area contributed by atoms with E-state index in [9.17, 15) is 0 Å². The van der Waals surface area contributed by atoms with Crippen LogP contribution < -0.4 is 5.32 Å². The Morgan fingerprint density at radius 1 is 1.41 bits per heavy atom. The smallest absolute Gasteiger partial charge is 0.0837 e. The van der Waals surface area contributed by atoms with Crippen LogP contribution in [0.2, 0.25) is 0 Å². The van der Waals surface area contributed by atoms with Gasteiger partial charge in [-0.2, -0.15) is 17.0 Å². The second kappa shape index (κ2) is 8.86. The fraction of sp³-hybridized carbons (Fsp3) is 0.357. The SMILES string of the molecule is C=CCSCCNCC(C#N)c1ccccc1. The standard InChI is InChI=1S/C14H18N2S/c1-2-9-17-10-8-16-12-14(11-15)13-6-4-3-5-7-13/h2-7,14,16H,1,8-10,12H2. The highest BCUT2D eigenvalue weighted by Crippen LogP contribution is 2.12. The maximum Gasteiger partial charge on any atom is 0.0837 e. The fourth-order valence-corrected chi connectivity index (χ4v) is 2.10. The third-order valence-corrected chi connectivity index (χ3v) is 3.33. The van der Waals surface area contributed by atoms with Crippen molar-refractivity contribution in [1.29, 1.82) is 5.26 Å². The van der Waals surface area contributed by atoms with Crippen LogP contribution >= 0.6 is 11.8 Å². The van der Waals surface area contributed by atoms with Crippen LogP contribution in [0.1, 0.15) is 11.5 Å². The zero-order valence-electron chi connectivity index (χ0n) is 9.93. The van der Waals surface area contributed by atoms with E-state index in [0.717, 1.165) is 30.2 Å². The minimum atomic E-state index is -0.0550. The number of hydrogen-bond acceptors (Lipinski definition) is 3. The van der Waals surface area contributed by atoms with E-state index >= 15 is 0 Å². The van der Waals surface area contributed by atoms with Crippen molar-refractivity contribution in [2.45, 2.75) is 5.92 Å². The van der Waals surface area contributed by atoms with Crippen molar-refractivity contribution < 1.29 is 0 Å². The molecule has 1 rings (SSSR count). The average molecular weight is 246 g/mol. The molecule has 0 fully saturated rings. The maximum atomic E-state index is 9.11. The van der Waals surface area contributed by atoms with Crippen LogP contribution in [0.3, 0.4) is 0 Å². The van der Waals surface area contributed by atoms with Gasteiger partial charge in [-0.05, 0) is 5.56 Å². The van der Waals surface area contributed by atoms with E-state index in [1.54, 1.807) is 0 Å². The molecule has 1 atom stereocenters. The Morgan fingerprint density at radius 2 is 2.18 bits per heavy atom. The predicted octanol–water partition coefficient (Wildman–Crippen LogP) is 2.80. The first-order valence-electron chi connectivity index (χ1n) is 5.72. The van der Waals surface area contributed by atoms with Gasteiger partial charge in [0.05, 0.1) is 12.0 Å². The Bertz CT molecular complexity index is 356. The summed E-state index contributed by atoms with van der Waals surface area (Å²) in [5.41, 5.74) is 1.08. The highest BCUT2D eigenvalue weighted by atomic mass is 32.2. The van der Waals surface area contributed by atoms with Gasteiger partial charge in [0.15, 0.2) is 0 Å². The Balaban J connectivity index is 2.25. The van der Waals surface area contributed by atoms with E-state index < -0.39 is 0 Å². The number of hydrogen-bond donors (Lipinski definition) is 1. The highest BCUT2D eigenvalue weighted by molar-refractivity contribution is 7.99. The van der Waals surface area contributed by atoms with Crippen molar-refractivity contribution in [2.75, 3.05) is 24.6 Å². The zero-order valence-corrected chi connectivity index (χ0v) is 10.7. The quantitative estimate of drug-likeness (QED) is 0.566. The zero-order chi connectivity index (χ0) is 12.3. The summed E-state index contributed by atoms with van der Waals surface area (Å²) in [5.74, 6) is 1.99. The molecule has 0 radical (unpaired) electrons. The monoisotopic (exact) mass is 246 g/mol. The van der Waals surface area contributed by atoms with Crippen molar-refractivity contribution in [3.8, 4) is 6.07 Å². The molecule has 0 aliphatic heterocycles. The lowest BCUT2D eigenvalue weighted by Gasteiger charge is -2.10. The molecule has 0 heterocycles. The van der Waals surface area contributed by atoms with Gasteiger partial charge in [-0.3, -0.25) is 0 Å². The number of thioether (sulfide) groups is 1. The molecule has 0 aliphatic rings. The second-order valence-corrected chi connectivity index (χ2v) is 4.81. The van der Waals surface area contributed by atoms with Gasteiger partial charge in [-0.25, -0.2) is 0 Å². The van der Waals surface area contributed by atoms with Crippen LogP contribution in [0.25, 0.3) is 0 Å². The topological polar surface area (TPSA) is 35.8 Å². The van der Waals surface area contributed by atoms with Gasteiger partial charge in [0.25, 0.3) is 0 Å². The molecule has 0 aromatic heterocycles. The van der Waals surface area contributed by atoms with Gasteiger partial charge < -0.3 is 5.32 Å². The summed E-state index contributed by atoms with van der Waals surface area (Å²) in [4.78, 5) is 0. The van der Waals surface area contributed by atoms with E-state index in [0.29, 0.717) is 0 Å². The number of nitrogens with one attached hydrogen (secondary N) is 1. The van der Waals surface area contributed by atoms with E-state index in [1.807, 2.05) is 48.2 Å². The molecule has 17 heavy (non-hydrogen) atoms. The lowest BCUT2D eigenvalue weighted by atomic mass is 10.0. The first-order chi connectivity index (χ1) is 8.38. The third-order valence-electron chi connectivity index (χ3n) is 2.37. The van der Waals surface area contributed by atoms with Crippen molar-refractivity contribution in [3.05, 3.63) is 48.6 Å². The van der Waals surface area contributed by atoms with Crippen LogP contribution in [0.4, 0.5) is 0 Å². The molecular formula is C14H18N2S. The number of nitriles is 1. The summed E-state index contributed by atoms with van der Waals surface area (Å²) in [7, 11) is 0. The van der Waals surface area contributed by atoms with Crippen LogP contribution in [0.5, 0.6) is 0 Å². The molecule has 0 bridgehead atoms. The lowest BCUT2D eigenvalue weighted by molar-refractivity contribution is 0.680. The summed E-state index contributed by atoms with van der Waals surface area (Å²) in [6.07, 6.45) is 1.91. The summed E-state index contributed by atoms with van der Waals surface area (Å²) < 4.78 is 0. The first kappa shape index (κ1) is 13.8. The Morgan fingerprint density at radius 3 is 2.82 bits per heavy atom. The highest BCUT2D eigenvalue weighted by Gasteiger charge is 2.08. The molecule has 0 aliphatic carbocycles. The van der Waals surface area contributed by atoms with Crippen molar-refractivity contribution in [1.82, 2.24) is 5.32 Å². The van der Waals surface area contributed by atoms with Crippen LogP contribution in [-0.2, 0) is 0 Å². The minimum absolute atomic E-state index is 0.0550. The van der Waals surface area contributed by atoms with Crippen LogP contribution in [0.15, 0.2) is 43.0 Å². The molecule has 90 valence electrons. The second-order valence-electron chi connectivity index (χ2n) is 3.66. The molecule has 0 saturated heterocycles. The Kier molecular flexibility index (Phi) is 7.20. The van der Waals surface area contributed by atoms with Gasteiger partial charge >= 0.3 is 0 Å². The largest absolute Gasteiger partial charge is 0.314 e. The summed E-state index contributed by atoms with van der Waals surface area (Å²) in [6, 6.07) is 12.3. The fourth-order valence-electron chi connectivity index (χ4n) is 1.48. The molecule has 1 N–H and O–H groups in total. The molecule has 1 aromatic rings. The molecule has 0 amide bonds. The van der Waals surface area contributed by atoms with Crippen molar-refractivity contribution in [2.24, 2.45) is 0 Å². The lowest BCUT2D eigenvalue weighted by Crippen LogP contribution is -2.23. The predicted molar refractivity (Wildman–Crippen MR) is 75.2 cm³/mol. The van der Waals surface area contributed by atoms with E-state index in [4.69, 9.17) is 5.26 Å². The molecular weight excluding hydrogens is 228 g/mol. The molecule has 3 heteroatoms.